The molecule has 1 atom stereocenters. The Labute approximate surface area is 163 Å². The molecule has 0 aliphatic carbocycles. The summed E-state index contributed by atoms with van der Waals surface area (Å²) in [5.74, 6) is -0.145. The number of aryl methyl sites for hydroxylation is 1. The van der Waals surface area contributed by atoms with Crippen LogP contribution in [-0.2, 0) is 22.6 Å². The first-order chi connectivity index (χ1) is 12.5. The first-order valence-corrected chi connectivity index (χ1v) is 9.66. The molecule has 4 nitrogen and oxygen atoms in total. The molecule has 0 aromatic heterocycles. The minimum absolute atomic E-state index is 0.0180. The van der Waals surface area contributed by atoms with E-state index in [9.17, 15) is 9.59 Å². The summed E-state index contributed by atoms with van der Waals surface area (Å²) in [6.07, 6.45) is 1.04. The van der Waals surface area contributed by atoms with Crippen molar-refractivity contribution >= 4 is 27.7 Å². The van der Waals surface area contributed by atoms with Crippen molar-refractivity contribution in [2.45, 2.75) is 39.3 Å². The molecule has 0 aliphatic heterocycles. The number of amides is 2. The van der Waals surface area contributed by atoms with Gasteiger partial charge < -0.3 is 10.2 Å². The van der Waals surface area contributed by atoms with Gasteiger partial charge in [0.25, 0.3) is 0 Å². The number of carbonyl (C=O) groups excluding carboxylic acids is 2. The molecule has 138 valence electrons. The third kappa shape index (κ3) is 5.99. The number of hydrogen-bond acceptors (Lipinski definition) is 2. The summed E-state index contributed by atoms with van der Waals surface area (Å²) in [5.41, 5.74) is 2.12. The number of nitrogens with one attached hydrogen (secondary N) is 1. The van der Waals surface area contributed by atoms with E-state index in [1.54, 1.807) is 11.8 Å². The summed E-state index contributed by atoms with van der Waals surface area (Å²) < 4.78 is 0.986. The van der Waals surface area contributed by atoms with Gasteiger partial charge in [-0.25, -0.2) is 0 Å². The number of halogens is 1. The van der Waals surface area contributed by atoms with Crippen LogP contribution in [-0.4, -0.2) is 29.3 Å². The van der Waals surface area contributed by atoms with Gasteiger partial charge in [-0.05, 0) is 43.5 Å². The van der Waals surface area contributed by atoms with Gasteiger partial charge in [-0.3, -0.25) is 9.59 Å². The predicted octanol–water partition coefficient (Wildman–Crippen LogP) is 3.94. The number of rotatable bonds is 8. The van der Waals surface area contributed by atoms with Gasteiger partial charge in [0.2, 0.25) is 11.8 Å². The molecule has 0 saturated heterocycles. The van der Waals surface area contributed by atoms with E-state index in [0.29, 0.717) is 25.9 Å². The maximum Gasteiger partial charge on any atom is 0.242 e. The van der Waals surface area contributed by atoms with Crippen LogP contribution in [0.25, 0.3) is 0 Å². The van der Waals surface area contributed by atoms with E-state index < -0.39 is 6.04 Å². The smallest absolute Gasteiger partial charge is 0.242 e. The summed E-state index contributed by atoms with van der Waals surface area (Å²) in [7, 11) is 0. The predicted molar refractivity (Wildman–Crippen MR) is 108 cm³/mol. The van der Waals surface area contributed by atoms with E-state index >= 15 is 0 Å². The molecule has 2 aromatic carbocycles. The van der Waals surface area contributed by atoms with Crippen LogP contribution < -0.4 is 5.32 Å². The summed E-state index contributed by atoms with van der Waals surface area (Å²) >= 11 is 3.42. The number of nitrogens with zero attached hydrogens (tertiary/aromatic N) is 1. The second-order valence-electron chi connectivity index (χ2n) is 6.20. The van der Waals surface area contributed by atoms with Crippen molar-refractivity contribution in [1.82, 2.24) is 10.2 Å². The fourth-order valence-electron chi connectivity index (χ4n) is 2.73. The minimum atomic E-state index is -0.512. The number of benzene rings is 2. The van der Waals surface area contributed by atoms with Gasteiger partial charge in [0.15, 0.2) is 0 Å². The van der Waals surface area contributed by atoms with Crippen LogP contribution in [0.15, 0.2) is 59.1 Å². The minimum Gasteiger partial charge on any atom is -0.355 e. The van der Waals surface area contributed by atoms with Crippen LogP contribution >= 0.6 is 15.9 Å². The molecule has 26 heavy (non-hydrogen) atoms. The summed E-state index contributed by atoms with van der Waals surface area (Å²) in [6.45, 7) is 4.62. The lowest BCUT2D eigenvalue weighted by Gasteiger charge is -2.29. The third-order valence-electron chi connectivity index (χ3n) is 4.25. The van der Waals surface area contributed by atoms with Gasteiger partial charge in [0.1, 0.15) is 6.04 Å². The lowest BCUT2D eigenvalue weighted by molar-refractivity contribution is -0.140. The highest BCUT2D eigenvalue weighted by Gasteiger charge is 2.25. The Morgan fingerprint density at radius 2 is 1.69 bits per heavy atom. The van der Waals surface area contributed by atoms with Crippen LogP contribution in [0.2, 0.25) is 0 Å². The van der Waals surface area contributed by atoms with E-state index in [0.717, 1.165) is 15.6 Å². The van der Waals surface area contributed by atoms with E-state index in [4.69, 9.17) is 0 Å². The molecular weight excluding hydrogens is 392 g/mol. The van der Waals surface area contributed by atoms with E-state index in [2.05, 4.69) is 21.2 Å². The topological polar surface area (TPSA) is 49.4 Å². The van der Waals surface area contributed by atoms with Gasteiger partial charge in [-0.2, -0.15) is 0 Å². The average Bonchev–Trinajstić information content (AvgIpc) is 2.66. The van der Waals surface area contributed by atoms with Crippen molar-refractivity contribution < 1.29 is 9.59 Å². The molecule has 0 spiro atoms. The number of carbonyl (C=O) groups is 2. The van der Waals surface area contributed by atoms with Crippen molar-refractivity contribution in [3.05, 3.63) is 70.2 Å². The van der Waals surface area contributed by atoms with Crippen molar-refractivity contribution in [2.24, 2.45) is 0 Å². The van der Waals surface area contributed by atoms with Crippen LogP contribution in [0.3, 0.4) is 0 Å². The molecule has 2 rings (SSSR count). The Kier molecular flexibility index (Phi) is 7.85. The van der Waals surface area contributed by atoms with Crippen LogP contribution in [0.4, 0.5) is 0 Å². The SMILES string of the molecule is CCNC(=O)C(C)N(Cc1ccc(Br)cc1)C(=O)CCc1ccccc1. The molecule has 1 unspecified atom stereocenters. The van der Waals surface area contributed by atoms with Crippen LogP contribution in [0.1, 0.15) is 31.4 Å². The molecule has 5 heteroatoms. The number of hydrogen-bond donors (Lipinski definition) is 1. The van der Waals surface area contributed by atoms with Gasteiger partial charge in [-0.15, -0.1) is 0 Å². The third-order valence-corrected chi connectivity index (χ3v) is 4.78. The average molecular weight is 417 g/mol. The van der Waals surface area contributed by atoms with Crippen molar-refractivity contribution in [3.8, 4) is 0 Å². The molecule has 0 aliphatic rings. The monoisotopic (exact) mass is 416 g/mol. The Morgan fingerprint density at radius 3 is 2.31 bits per heavy atom. The number of likely N-dealkylation sites (N-methyl/N-ethyl adjacent to an activating group) is 1. The Morgan fingerprint density at radius 1 is 1.04 bits per heavy atom. The molecule has 0 radical (unpaired) electrons. The Bertz CT molecular complexity index is 717. The first-order valence-electron chi connectivity index (χ1n) is 8.86. The molecule has 0 fully saturated rings. The molecule has 0 heterocycles. The van der Waals surface area contributed by atoms with E-state index in [-0.39, 0.29) is 11.8 Å². The second kappa shape index (κ2) is 10.1. The normalized spacial score (nSPS) is 11.7. The molecule has 0 saturated carbocycles. The standard InChI is InChI=1S/C21H25BrN2O2/c1-3-23-21(26)16(2)24(15-18-9-12-19(22)13-10-18)20(25)14-11-17-7-5-4-6-8-17/h4-10,12-13,16H,3,11,14-15H2,1-2H3,(H,23,26). The van der Waals surface area contributed by atoms with Gasteiger partial charge in [0.05, 0.1) is 0 Å². The fourth-order valence-corrected chi connectivity index (χ4v) is 2.99. The highest BCUT2D eigenvalue weighted by molar-refractivity contribution is 9.10. The van der Waals surface area contributed by atoms with Gasteiger partial charge in [-0.1, -0.05) is 58.4 Å². The lowest BCUT2D eigenvalue weighted by Crippen LogP contribution is -2.47. The van der Waals surface area contributed by atoms with E-state index in [1.807, 2.05) is 61.5 Å². The zero-order valence-electron chi connectivity index (χ0n) is 15.2. The largest absolute Gasteiger partial charge is 0.355 e. The molecule has 2 amide bonds. The maximum absolute atomic E-state index is 12.9. The lowest BCUT2D eigenvalue weighted by atomic mass is 10.1. The Hall–Kier alpha value is -2.14. The summed E-state index contributed by atoms with van der Waals surface area (Å²) in [4.78, 5) is 26.8. The molecule has 0 bridgehead atoms. The summed E-state index contributed by atoms with van der Waals surface area (Å²) in [5, 5.41) is 2.81. The van der Waals surface area contributed by atoms with Crippen LogP contribution in [0.5, 0.6) is 0 Å². The summed E-state index contributed by atoms with van der Waals surface area (Å²) in [6, 6.07) is 17.2. The van der Waals surface area contributed by atoms with Crippen LogP contribution in [0, 0.1) is 0 Å². The highest BCUT2D eigenvalue weighted by Crippen LogP contribution is 2.15. The highest BCUT2D eigenvalue weighted by atomic mass is 79.9. The van der Waals surface area contributed by atoms with Crippen molar-refractivity contribution in [1.29, 1.82) is 0 Å². The zero-order valence-corrected chi connectivity index (χ0v) is 16.8. The Balaban J connectivity index is 2.11. The zero-order chi connectivity index (χ0) is 18.9. The maximum atomic E-state index is 12.9. The molecular formula is C21H25BrN2O2. The fraction of sp³-hybridized carbons (Fsp3) is 0.333. The van der Waals surface area contributed by atoms with Gasteiger partial charge in [0, 0.05) is 24.0 Å². The van der Waals surface area contributed by atoms with Gasteiger partial charge >= 0.3 is 0 Å². The van der Waals surface area contributed by atoms with Crippen molar-refractivity contribution in [3.63, 3.8) is 0 Å². The quantitative estimate of drug-likeness (QED) is 0.708. The van der Waals surface area contributed by atoms with Crippen molar-refractivity contribution in [2.75, 3.05) is 6.54 Å². The molecule has 2 aromatic rings. The molecule has 1 N–H and O–H groups in total. The first kappa shape index (κ1) is 20.2. The van der Waals surface area contributed by atoms with E-state index in [1.165, 1.54) is 0 Å². The second-order valence-corrected chi connectivity index (χ2v) is 7.12.